The van der Waals surface area contributed by atoms with Crippen LogP contribution in [0.15, 0.2) is 57.0 Å². The highest BCUT2D eigenvalue weighted by Gasteiger charge is 2.06. The normalized spacial score (nSPS) is 12.1. The van der Waals surface area contributed by atoms with E-state index in [4.69, 9.17) is 9.15 Å². The van der Waals surface area contributed by atoms with Crippen molar-refractivity contribution in [3.8, 4) is 0 Å². The molecule has 0 fully saturated rings. The molecule has 0 aliphatic rings. The van der Waals surface area contributed by atoms with Crippen molar-refractivity contribution in [3.63, 3.8) is 0 Å². The molecule has 2 N–H and O–H groups in total. The van der Waals surface area contributed by atoms with Crippen LogP contribution in [0.5, 0.6) is 0 Å². The number of nitrogens with one attached hydrogen (secondary N) is 2. The largest absolute Gasteiger partial charge is 0.467 e. The lowest BCUT2D eigenvalue weighted by Crippen LogP contribution is -2.38. The third kappa shape index (κ3) is 7.84. The Kier molecular flexibility index (Phi) is 8.35. The number of sulfone groups is 1. The van der Waals surface area contributed by atoms with E-state index in [0.717, 1.165) is 36.8 Å². The second-order valence-electron chi connectivity index (χ2n) is 6.02. The summed E-state index contributed by atoms with van der Waals surface area (Å²) in [6.07, 6.45) is 3.67. The summed E-state index contributed by atoms with van der Waals surface area (Å²) in [6, 6.07) is 10.5. The van der Waals surface area contributed by atoms with Crippen LogP contribution in [0.3, 0.4) is 0 Å². The molecule has 0 spiro atoms. The molecule has 0 aliphatic carbocycles. The molecule has 7 nitrogen and oxygen atoms in total. The van der Waals surface area contributed by atoms with E-state index in [1.165, 1.54) is 6.26 Å². The maximum absolute atomic E-state index is 11.5. The van der Waals surface area contributed by atoms with E-state index in [1.807, 2.05) is 19.1 Å². The smallest absolute Gasteiger partial charge is 0.191 e. The van der Waals surface area contributed by atoms with Crippen LogP contribution < -0.4 is 10.6 Å². The fraction of sp³-hybridized carbons (Fsp3) is 0.421. The quantitative estimate of drug-likeness (QED) is 0.366. The number of ether oxygens (including phenoxy) is 1. The summed E-state index contributed by atoms with van der Waals surface area (Å²) in [5, 5.41) is 6.45. The predicted molar refractivity (Wildman–Crippen MR) is 105 cm³/mol. The van der Waals surface area contributed by atoms with E-state index < -0.39 is 9.84 Å². The first-order valence-electron chi connectivity index (χ1n) is 8.90. The van der Waals surface area contributed by atoms with Crippen LogP contribution >= 0.6 is 0 Å². The van der Waals surface area contributed by atoms with Crippen molar-refractivity contribution in [1.82, 2.24) is 10.6 Å². The van der Waals surface area contributed by atoms with Crippen LogP contribution in [0.25, 0.3) is 0 Å². The second-order valence-corrected chi connectivity index (χ2v) is 8.04. The molecule has 2 aromatic rings. The van der Waals surface area contributed by atoms with Gasteiger partial charge in [0, 0.05) is 26.0 Å². The Morgan fingerprint density at radius 1 is 1.19 bits per heavy atom. The number of guanidine groups is 1. The Labute approximate surface area is 160 Å². The minimum atomic E-state index is -3.17. The Morgan fingerprint density at radius 2 is 1.96 bits per heavy atom. The van der Waals surface area contributed by atoms with Crippen molar-refractivity contribution in [2.45, 2.75) is 31.4 Å². The number of hydrogen-bond donors (Lipinski definition) is 2. The molecule has 0 amide bonds. The van der Waals surface area contributed by atoms with E-state index in [-0.39, 0.29) is 0 Å². The molecule has 27 heavy (non-hydrogen) atoms. The number of benzene rings is 1. The first kappa shape index (κ1) is 21.0. The molecule has 1 aromatic heterocycles. The van der Waals surface area contributed by atoms with E-state index in [1.54, 1.807) is 30.5 Å². The zero-order valence-corrected chi connectivity index (χ0v) is 16.6. The van der Waals surface area contributed by atoms with Crippen molar-refractivity contribution >= 4 is 15.8 Å². The summed E-state index contributed by atoms with van der Waals surface area (Å²) >= 11 is 0. The molecule has 0 unspecified atom stereocenters. The molecule has 2 rings (SSSR count). The maximum atomic E-state index is 11.5. The van der Waals surface area contributed by atoms with Gasteiger partial charge in [-0.3, -0.25) is 0 Å². The van der Waals surface area contributed by atoms with Crippen molar-refractivity contribution in [2.75, 3.05) is 26.0 Å². The number of rotatable bonds is 10. The third-order valence-corrected chi connectivity index (χ3v) is 4.83. The molecule has 0 radical (unpaired) electrons. The van der Waals surface area contributed by atoms with Crippen LogP contribution in [0.2, 0.25) is 0 Å². The van der Waals surface area contributed by atoms with Gasteiger partial charge in [0.1, 0.15) is 12.4 Å². The van der Waals surface area contributed by atoms with Gasteiger partial charge >= 0.3 is 0 Å². The molecule has 8 heteroatoms. The Bertz CT molecular complexity index is 800. The molecule has 148 valence electrons. The summed E-state index contributed by atoms with van der Waals surface area (Å²) in [5.74, 6) is 1.54. The summed E-state index contributed by atoms with van der Waals surface area (Å²) in [6.45, 7) is 5.06. The minimum Gasteiger partial charge on any atom is -0.467 e. The Balaban J connectivity index is 1.74. The lowest BCUT2D eigenvalue weighted by molar-refractivity contribution is 0.105. The van der Waals surface area contributed by atoms with E-state index in [2.05, 4.69) is 15.6 Å². The summed E-state index contributed by atoms with van der Waals surface area (Å²) in [5.41, 5.74) is 0.946. The average molecular weight is 394 g/mol. The third-order valence-electron chi connectivity index (χ3n) is 3.70. The Hall–Kier alpha value is -2.32. The number of hydrogen-bond acceptors (Lipinski definition) is 5. The topological polar surface area (TPSA) is 92.9 Å². The molecule has 1 heterocycles. The average Bonchev–Trinajstić information content (AvgIpc) is 3.15. The van der Waals surface area contributed by atoms with Crippen molar-refractivity contribution < 1.29 is 17.6 Å². The SMILES string of the molecule is CCNC(=NCc1ccc(S(C)(=O)=O)cc1)NCCCOCc1ccco1. The molecule has 0 atom stereocenters. The molecule has 0 aliphatic heterocycles. The van der Waals surface area contributed by atoms with Gasteiger partial charge in [0.05, 0.1) is 17.7 Å². The van der Waals surface area contributed by atoms with Gasteiger partial charge in [-0.2, -0.15) is 0 Å². The summed E-state index contributed by atoms with van der Waals surface area (Å²) in [7, 11) is -3.17. The van der Waals surface area contributed by atoms with Gasteiger partial charge in [0.25, 0.3) is 0 Å². The highest BCUT2D eigenvalue weighted by Crippen LogP contribution is 2.11. The van der Waals surface area contributed by atoms with Crippen LogP contribution in [0.1, 0.15) is 24.7 Å². The molecule has 0 saturated carbocycles. The predicted octanol–water partition coefficient (Wildman–Crippen LogP) is 2.35. The number of aliphatic imine (C=N–C) groups is 1. The highest BCUT2D eigenvalue weighted by molar-refractivity contribution is 7.90. The van der Waals surface area contributed by atoms with E-state index in [0.29, 0.717) is 24.7 Å². The molecular formula is C19H27N3O4S. The molecule has 0 bridgehead atoms. The summed E-state index contributed by atoms with van der Waals surface area (Å²) in [4.78, 5) is 4.84. The second kappa shape index (κ2) is 10.7. The maximum Gasteiger partial charge on any atom is 0.191 e. The van der Waals surface area contributed by atoms with Crippen LogP contribution in [0, 0.1) is 0 Å². The van der Waals surface area contributed by atoms with Gasteiger partial charge in [-0.1, -0.05) is 12.1 Å². The van der Waals surface area contributed by atoms with Crippen molar-refractivity contribution in [2.24, 2.45) is 4.99 Å². The number of nitrogens with zero attached hydrogens (tertiary/aromatic N) is 1. The fourth-order valence-corrected chi connectivity index (χ4v) is 2.93. The lowest BCUT2D eigenvalue weighted by Gasteiger charge is -2.11. The van der Waals surface area contributed by atoms with Gasteiger partial charge in [-0.05, 0) is 43.2 Å². The van der Waals surface area contributed by atoms with Gasteiger partial charge in [0.15, 0.2) is 15.8 Å². The van der Waals surface area contributed by atoms with Crippen molar-refractivity contribution in [3.05, 3.63) is 54.0 Å². The zero-order chi connectivity index (χ0) is 19.5. The number of furan rings is 1. The zero-order valence-electron chi connectivity index (χ0n) is 15.8. The van der Waals surface area contributed by atoms with E-state index >= 15 is 0 Å². The monoisotopic (exact) mass is 393 g/mol. The Morgan fingerprint density at radius 3 is 2.59 bits per heavy atom. The van der Waals surface area contributed by atoms with E-state index in [9.17, 15) is 8.42 Å². The first-order valence-corrected chi connectivity index (χ1v) is 10.8. The van der Waals surface area contributed by atoms with Gasteiger partial charge in [0.2, 0.25) is 0 Å². The lowest BCUT2D eigenvalue weighted by atomic mass is 10.2. The van der Waals surface area contributed by atoms with Gasteiger partial charge < -0.3 is 19.8 Å². The molecular weight excluding hydrogens is 366 g/mol. The van der Waals surface area contributed by atoms with Crippen LogP contribution in [-0.4, -0.2) is 40.3 Å². The van der Waals surface area contributed by atoms with Gasteiger partial charge in [-0.15, -0.1) is 0 Å². The highest BCUT2D eigenvalue weighted by atomic mass is 32.2. The summed E-state index contributed by atoms with van der Waals surface area (Å²) < 4.78 is 33.7. The van der Waals surface area contributed by atoms with Gasteiger partial charge in [-0.25, -0.2) is 13.4 Å². The molecule has 0 saturated heterocycles. The standard InChI is InChI=1S/C19H27N3O4S/c1-3-20-19(21-11-5-12-25-15-17-6-4-13-26-17)22-14-16-7-9-18(10-8-16)27(2,23)24/h4,6-10,13H,3,5,11-12,14-15H2,1-2H3,(H2,20,21,22). The van der Waals surface area contributed by atoms with Crippen LogP contribution in [0.4, 0.5) is 0 Å². The fourth-order valence-electron chi connectivity index (χ4n) is 2.30. The molecule has 1 aromatic carbocycles. The van der Waals surface area contributed by atoms with Crippen molar-refractivity contribution in [1.29, 1.82) is 0 Å². The minimum absolute atomic E-state index is 0.315. The first-order chi connectivity index (χ1) is 13.0. The van der Waals surface area contributed by atoms with Crippen LogP contribution in [-0.2, 0) is 27.7 Å².